The van der Waals surface area contributed by atoms with Crippen molar-refractivity contribution in [1.82, 2.24) is 4.90 Å². The molecule has 0 aliphatic carbocycles. The van der Waals surface area contributed by atoms with E-state index in [-0.39, 0.29) is 11.8 Å². The van der Waals surface area contributed by atoms with Gasteiger partial charge in [-0.05, 0) is 5.56 Å². The Bertz CT molecular complexity index is 376. The molecule has 1 rings (SSSR count). The molecule has 0 aliphatic heterocycles. The zero-order valence-electron chi connectivity index (χ0n) is 12.2. The molecule has 0 aromatic heterocycles. The van der Waals surface area contributed by atoms with Crippen molar-refractivity contribution in [2.45, 2.75) is 5.92 Å². The molecule has 0 spiro atoms. The van der Waals surface area contributed by atoms with Gasteiger partial charge in [0.1, 0.15) is 0 Å². The SMILES string of the molecule is COCCN(CCOC)C(=O)C(CN)c1ccccc1. The Morgan fingerprint density at radius 3 is 2.15 bits per heavy atom. The highest BCUT2D eigenvalue weighted by Gasteiger charge is 2.24. The summed E-state index contributed by atoms with van der Waals surface area (Å²) in [7, 11) is 3.24. The van der Waals surface area contributed by atoms with Crippen LogP contribution in [0.5, 0.6) is 0 Å². The minimum absolute atomic E-state index is 0.0211. The number of benzene rings is 1. The average molecular weight is 280 g/mol. The molecule has 0 bridgehead atoms. The van der Waals surface area contributed by atoms with Gasteiger partial charge in [0.2, 0.25) is 5.91 Å². The highest BCUT2D eigenvalue weighted by molar-refractivity contribution is 5.84. The summed E-state index contributed by atoms with van der Waals surface area (Å²) in [5.74, 6) is -0.294. The summed E-state index contributed by atoms with van der Waals surface area (Å²) in [4.78, 5) is 14.4. The second-order valence-corrected chi connectivity index (χ2v) is 4.51. The smallest absolute Gasteiger partial charge is 0.231 e. The van der Waals surface area contributed by atoms with Crippen LogP contribution in [0.15, 0.2) is 30.3 Å². The van der Waals surface area contributed by atoms with Crippen molar-refractivity contribution in [2.24, 2.45) is 5.73 Å². The van der Waals surface area contributed by atoms with Gasteiger partial charge in [0, 0.05) is 33.9 Å². The van der Waals surface area contributed by atoms with E-state index in [4.69, 9.17) is 15.2 Å². The van der Waals surface area contributed by atoms with Gasteiger partial charge < -0.3 is 20.1 Å². The van der Waals surface area contributed by atoms with Crippen LogP contribution in [-0.4, -0.2) is 57.9 Å². The normalized spacial score (nSPS) is 12.2. The molecule has 1 aromatic carbocycles. The van der Waals surface area contributed by atoms with E-state index >= 15 is 0 Å². The summed E-state index contributed by atoms with van der Waals surface area (Å²) >= 11 is 0. The number of hydrogen-bond donors (Lipinski definition) is 1. The van der Waals surface area contributed by atoms with Gasteiger partial charge in [-0.2, -0.15) is 0 Å². The molecule has 0 aliphatic rings. The van der Waals surface area contributed by atoms with E-state index in [2.05, 4.69) is 0 Å². The lowest BCUT2D eigenvalue weighted by atomic mass is 9.97. The Labute approximate surface area is 120 Å². The first-order valence-corrected chi connectivity index (χ1v) is 6.76. The van der Waals surface area contributed by atoms with Gasteiger partial charge in [-0.1, -0.05) is 30.3 Å². The maximum absolute atomic E-state index is 12.6. The molecule has 1 atom stereocenters. The molecule has 0 saturated carbocycles. The van der Waals surface area contributed by atoms with Gasteiger partial charge in [-0.3, -0.25) is 4.79 Å². The van der Waals surface area contributed by atoms with Crippen LogP contribution in [-0.2, 0) is 14.3 Å². The Morgan fingerprint density at radius 1 is 1.15 bits per heavy atom. The third-order valence-corrected chi connectivity index (χ3v) is 3.18. The first-order valence-electron chi connectivity index (χ1n) is 6.76. The molecular weight excluding hydrogens is 256 g/mol. The van der Waals surface area contributed by atoms with Gasteiger partial charge in [0.15, 0.2) is 0 Å². The van der Waals surface area contributed by atoms with Crippen LogP contribution in [0, 0.1) is 0 Å². The number of ether oxygens (including phenoxy) is 2. The van der Waals surface area contributed by atoms with E-state index in [1.165, 1.54) is 0 Å². The number of rotatable bonds is 9. The molecule has 112 valence electrons. The number of amides is 1. The maximum Gasteiger partial charge on any atom is 0.231 e. The number of hydrogen-bond acceptors (Lipinski definition) is 4. The van der Waals surface area contributed by atoms with E-state index in [9.17, 15) is 4.79 Å². The molecule has 1 unspecified atom stereocenters. The van der Waals surface area contributed by atoms with Crippen LogP contribution >= 0.6 is 0 Å². The molecule has 2 N–H and O–H groups in total. The average Bonchev–Trinajstić information content (AvgIpc) is 2.49. The van der Waals surface area contributed by atoms with Crippen molar-refractivity contribution in [3.8, 4) is 0 Å². The summed E-state index contributed by atoms with van der Waals surface area (Å²) in [5, 5.41) is 0. The molecule has 1 amide bonds. The predicted molar refractivity (Wildman–Crippen MR) is 78.6 cm³/mol. The van der Waals surface area contributed by atoms with Crippen molar-refractivity contribution < 1.29 is 14.3 Å². The Balaban J connectivity index is 2.78. The second kappa shape index (κ2) is 9.47. The van der Waals surface area contributed by atoms with Crippen LogP contribution in [0.3, 0.4) is 0 Å². The zero-order valence-corrected chi connectivity index (χ0v) is 12.2. The minimum Gasteiger partial charge on any atom is -0.383 e. The van der Waals surface area contributed by atoms with Crippen LogP contribution < -0.4 is 5.73 Å². The topological polar surface area (TPSA) is 64.8 Å². The predicted octanol–water partition coefficient (Wildman–Crippen LogP) is 0.850. The van der Waals surface area contributed by atoms with E-state index in [0.717, 1.165) is 5.56 Å². The van der Waals surface area contributed by atoms with E-state index in [1.807, 2.05) is 30.3 Å². The third kappa shape index (κ3) is 4.92. The first kappa shape index (κ1) is 16.6. The van der Waals surface area contributed by atoms with Gasteiger partial charge in [-0.25, -0.2) is 0 Å². The molecular formula is C15H24N2O3. The van der Waals surface area contributed by atoms with Crippen LogP contribution in [0.1, 0.15) is 11.5 Å². The van der Waals surface area contributed by atoms with E-state index in [1.54, 1.807) is 19.1 Å². The van der Waals surface area contributed by atoms with Gasteiger partial charge in [-0.15, -0.1) is 0 Å². The lowest BCUT2D eigenvalue weighted by molar-refractivity contribution is -0.133. The quantitative estimate of drug-likeness (QED) is 0.728. The summed E-state index contributed by atoms with van der Waals surface area (Å²) in [5.41, 5.74) is 6.74. The monoisotopic (exact) mass is 280 g/mol. The fraction of sp³-hybridized carbons (Fsp3) is 0.533. The van der Waals surface area contributed by atoms with Crippen LogP contribution in [0.25, 0.3) is 0 Å². The molecule has 0 heterocycles. The number of nitrogens with two attached hydrogens (primary N) is 1. The lowest BCUT2D eigenvalue weighted by Crippen LogP contribution is -2.41. The van der Waals surface area contributed by atoms with Crippen molar-refractivity contribution >= 4 is 5.91 Å². The molecule has 0 radical (unpaired) electrons. The Hall–Kier alpha value is -1.43. The fourth-order valence-electron chi connectivity index (χ4n) is 2.02. The Morgan fingerprint density at radius 2 is 1.70 bits per heavy atom. The summed E-state index contributed by atoms with van der Waals surface area (Å²) in [6.07, 6.45) is 0. The third-order valence-electron chi connectivity index (χ3n) is 3.18. The molecule has 0 fully saturated rings. The van der Waals surface area contributed by atoms with Crippen molar-refractivity contribution in [3.63, 3.8) is 0 Å². The summed E-state index contributed by atoms with van der Waals surface area (Å²) in [6.45, 7) is 2.38. The van der Waals surface area contributed by atoms with Gasteiger partial charge in [0.25, 0.3) is 0 Å². The van der Waals surface area contributed by atoms with Crippen LogP contribution in [0.2, 0.25) is 0 Å². The number of carbonyl (C=O) groups is 1. The van der Waals surface area contributed by atoms with E-state index in [0.29, 0.717) is 32.8 Å². The number of methoxy groups -OCH3 is 2. The standard InChI is InChI=1S/C15H24N2O3/c1-19-10-8-17(9-11-20-2)15(18)14(12-16)13-6-4-3-5-7-13/h3-7,14H,8-12,16H2,1-2H3. The summed E-state index contributed by atoms with van der Waals surface area (Å²) < 4.78 is 10.1. The minimum atomic E-state index is -0.315. The summed E-state index contributed by atoms with van der Waals surface area (Å²) in [6, 6.07) is 9.62. The highest BCUT2D eigenvalue weighted by atomic mass is 16.5. The molecule has 5 heteroatoms. The van der Waals surface area contributed by atoms with E-state index < -0.39 is 0 Å². The fourth-order valence-corrected chi connectivity index (χ4v) is 2.02. The second-order valence-electron chi connectivity index (χ2n) is 4.51. The van der Waals surface area contributed by atoms with Gasteiger partial charge in [0.05, 0.1) is 19.1 Å². The molecule has 1 aromatic rings. The maximum atomic E-state index is 12.6. The van der Waals surface area contributed by atoms with Crippen LogP contribution in [0.4, 0.5) is 0 Å². The number of carbonyl (C=O) groups excluding carboxylic acids is 1. The van der Waals surface area contributed by atoms with Crippen molar-refractivity contribution in [1.29, 1.82) is 0 Å². The van der Waals surface area contributed by atoms with Gasteiger partial charge >= 0.3 is 0 Å². The largest absolute Gasteiger partial charge is 0.383 e. The Kier molecular flexibility index (Phi) is 7.87. The number of nitrogens with zero attached hydrogens (tertiary/aromatic N) is 1. The van der Waals surface area contributed by atoms with Crippen molar-refractivity contribution in [3.05, 3.63) is 35.9 Å². The first-order chi connectivity index (χ1) is 9.74. The zero-order chi connectivity index (χ0) is 14.8. The lowest BCUT2D eigenvalue weighted by Gasteiger charge is -2.26. The van der Waals surface area contributed by atoms with Crippen molar-refractivity contribution in [2.75, 3.05) is 47.1 Å². The molecule has 20 heavy (non-hydrogen) atoms. The molecule has 5 nitrogen and oxygen atoms in total. The highest BCUT2D eigenvalue weighted by Crippen LogP contribution is 2.17. The molecule has 0 saturated heterocycles.